The Morgan fingerprint density at radius 3 is 1.15 bits per heavy atom. The lowest BCUT2D eigenvalue weighted by molar-refractivity contribution is -0.142. The molecule has 0 radical (unpaired) electrons. The molecule has 4 atom stereocenters. The number of carbonyl (C=O) groups is 5. The van der Waals surface area contributed by atoms with Gasteiger partial charge in [0.2, 0.25) is 11.8 Å². The lowest BCUT2D eigenvalue weighted by atomic mass is 10.1. The minimum Gasteiger partial charge on any atom is -0.480 e. The Morgan fingerprint density at radius 1 is 0.537 bits per heavy atom. The Hall–Kier alpha value is -3.01. The number of amides is 2. The zero-order valence-corrected chi connectivity index (χ0v) is 22.4. The third-order valence-corrected chi connectivity index (χ3v) is 5.61. The van der Waals surface area contributed by atoms with Crippen LogP contribution in [0.15, 0.2) is 0 Å². The first kappa shape index (κ1) is 38.0. The zero-order chi connectivity index (χ0) is 31.5. The van der Waals surface area contributed by atoms with Crippen LogP contribution in [0.3, 0.4) is 0 Å². The van der Waals surface area contributed by atoms with Crippen LogP contribution in [0.2, 0.25) is 0 Å². The molecule has 0 aliphatic carbocycles. The average Bonchev–Trinajstić information content (AvgIpc) is 2.89. The van der Waals surface area contributed by atoms with Gasteiger partial charge in [0.25, 0.3) is 0 Å². The normalized spacial score (nSPS) is 14.5. The lowest BCUT2D eigenvalue weighted by Gasteiger charge is -2.36. The van der Waals surface area contributed by atoms with Gasteiger partial charge in [0.05, 0.1) is 71.4 Å². The van der Waals surface area contributed by atoms with Gasteiger partial charge in [-0.3, -0.25) is 38.7 Å². The van der Waals surface area contributed by atoms with E-state index in [1.165, 1.54) is 0 Å². The van der Waals surface area contributed by atoms with E-state index in [2.05, 4.69) is 10.6 Å². The second-order valence-electron chi connectivity index (χ2n) is 9.14. The molecule has 19 nitrogen and oxygen atoms in total. The summed E-state index contributed by atoms with van der Waals surface area (Å²) in [7, 11) is 0. The van der Waals surface area contributed by atoms with Gasteiger partial charge < -0.3 is 56.6 Å². The highest BCUT2D eigenvalue weighted by molar-refractivity contribution is 5.79. The molecular weight excluding hydrogens is 558 g/mol. The van der Waals surface area contributed by atoms with Crippen molar-refractivity contribution in [2.45, 2.75) is 24.3 Å². The SMILES string of the molecule is O=C(O)CN(CC(CO)N(CC(=O)O)CC(=O)NCC(O)CO)CC(CO)N(CC(=O)O)CC(=O)NCC(O)CO. The molecule has 0 saturated carbocycles. The molecular formula is C22H41N5O14. The first-order valence-electron chi connectivity index (χ1n) is 12.4. The van der Waals surface area contributed by atoms with Gasteiger partial charge in [-0.05, 0) is 0 Å². The Labute approximate surface area is 235 Å². The number of carboxylic acids is 3. The standard InChI is InChI=1S/C22H41N5O14/c28-10-14(26(8-21(38)39)5-18(34)23-1-16(32)12-30)3-25(7-20(36)37)4-15(11-29)27(9-22(40)41)6-19(35)24-2-17(33)13-31/h14-17,28-33H,1-13H2,(H,23,34)(H,24,35)(H,36,37)(H,38,39)(H,40,41). The number of aliphatic hydroxyl groups is 6. The fourth-order valence-electron chi connectivity index (χ4n) is 3.62. The summed E-state index contributed by atoms with van der Waals surface area (Å²) in [5.74, 6) is -5.65. The van der Waals surface area contributed by atoms with Crippen molar-refractivity contribution in [3.05, 3.63) is 0 Å². The Bertz CT molecular complexity index is 776. The molecule has 0 aliphatic rings. The summed E-state index contributed by atoms with van der Waals surface area (Å²) in [6, 6.07) is -2.29. The monoisotopic (exact) mass is 599 g/mol. The van der Waals surface area contributed by atoms with Crippen LogP contribution in [-0.4, -0.2) is 200 Å². The number of hydrogen-bond acceptors (Lipinski definition) is 14. The maximum Gasteiger partial charge on any atom is 0.317 e. The van der Waals surface area contributed by atoms with Crippen molar-refractivity contribution in [1.82, 2.24) is 25.3 Å². The summed E-state index contributed by atoms with van der Waals surface area (Å²) in [4.78, 5) is 62.2. The van der Waals surface area contributed by atoms with Gasteiger partial charge in [0.15, 0.2) is 0 Å². The molecule has 0 fully saturated rings. The number of aliphatic hydroxyl groups excluding tert-OH is 6. The number of hydrogen-bond donors (Lipinski definition) is 11. The van der Waals surface area contributed by atoms with Gasteiger partial charge in [-0.25, -0.2) is 0 Å². The van der Waals surface area contributed by atoms with Crippen LogP contribution in [0.5, 0.6) is 0 Å². The molecule has 0 aromatic heterocycles. The van der Waals surface area contributed by atoms with Crippen molar-refractivity contribution < 1.29 is 69.9 Å². The van der Waals surface area contributed by atoms with Crippen molar-refractivity contribution in [2.75, 3.05) is 85.3 Å². The van der Waals surface area contributed by atoms with Crippen molar-refractivity contribution in [3.63, 3.8) is 0 Å². The number of carbonyl (C=O) groups excluding carboxylic acids is 2. The molecule has 41 heavy (non-hydrogen) atoms. The molecule has 0 bridgehead atoms. The van der Waals surface area contributed by atoms with E-state index in [0.29, 0.717) is 0 Å². The molecule has 2 amide bonds. The highest BCUT2D eigenvalue weighted by atomic mass is 16.4. The minimum absolute atomic E-state index is 0.338. The second kappa shape index (κ2) is 20.8. The largest absolute Gasteiger partial charge is 0.480 e. The van der Waals surface area contributed by atoms with E-state index in [-0.39, 0.29) is 26.2 Å². The van der Waals surface area contributed by atoms with E-state index >= 15 is 0 Å². The van der Waals surface area contributed by atoms with E-state index in [9.17, 15) is 59.7 Å². The predicted molar refractivity (Wildman–Crippen MR) is 136 cm³/mol. The van der Waals surface area contributed by atoms with E-state index in [1.54, 1.807) is 0 Å². The Morgan fingerprint density at radius 2 is 0.878 bits per heavy atom. The third kappa shape index (κ3) is 17.4. The second-order valence-corrected chi connectivity index (χ2v) is 9.14. The molecule has 19 heteroatoms. The van der Waals surface area contributed by atoms with Crippen LogP contribution < -0.4 is 10.6 Å². The van der Waals surface area contributed by atoms with Crippen LogP contribution in [0, 0.1) is 0 Å². The molecule has 11 N–H and O–H groups in total. The number of rotatable bonds is 24. The molecule has 0 aromatic rings. The number of carboxylic acid groups (broad SMARTS) is 3. The third-order valence-electron chi connectivity index (χ3n) is 5.61. The Balaban J connectivity index is 5.80. The van der Waals surface area contributed by atoms with Gasteiger partial charge in [0.1, 0.15) is 0 Å². The summed E-state index contributed by atoms with van der Waals surface area (Å²) in [6.45, 7) is -7.57. The Kier molecular flexibility index (Phi) is 19.3. The zero-order valence-electron chi connectivity index (χ0n) is 22.4. The fourth-order valence-corrected chi connectivity index (χ4v) is 3.62. The van der Waals surface area contributed by atoms with Crippen LogP contribution in [0.1, 0.15) is 0 Å². The maximum absolute atomic E-state index is 12.3. The number of nitrogens with zero attached hydrogens (tertiary/aromatic N) is 3. The maximum atomic E-state index is 12.3. The van der Waals surface area contributed by atoms with E-state index < -0.39 is 113 Å². The quantitative estimate of drug-likeness (QED) is 0.0491. The summed E-state index contributed by atoms with van der Waals surface area (Å²) in [6.07, 6.45) is -2.53. The molecule has 238 valence electrons. The van der Waals surface area contributed by atoms with Gasteiger partial charge in [0, 0.05) is 38.3 Å². The minimum atomic E-state index is -1.38. The van der Waals surface area contributed by atoms with E-state index in [0.717, 1.165) is 14.7 Å². The molecule has 0 heterocycles. The van der Waals surface area contributed by atoms with Gasteiger partial charge in [-0.2, -0.15) is 0 Å². The van der Waals surface area contributed by atoms with Crippen molar-refractivity contribution in [3.8, 4) is 0 Å². The highest BCUT2D eigenvalue weighted by Gasteiger charge is 2.30. The fraction of sp³-hybridized carbons (Fsp3) is 0.773. The summed E-state index contributed by atoms with van der Waals surface area (Å²) < 4.78 is 0. The topological polar surface area (TPSA) is 301 Å². The predicted octanol–water partition coefficient (Wildman–Crippen LogP) is -7.19. The van der Waals surface area contributed by atoms with Crippen LogP contribution in [0.4, 0.5) is 0 Å². The van der Waals surface area contributed by atoms with Crippen LogP contribution in [0.25, 0.3) is 0 Å². The molecule has 0 saturated heterocycles. The highest BCUT2D eigenvalue weighted by Crippen LogP contribution is 2.08. The van der Waals surface area contributed by atoms with Crippen molar-refractivity contribution >= 4 is 29.7 Å². The lowest BCUT2D eigenvalue weighted by Crippen LogP contribution is -2.56. The van der Waals surface area contributed by atoms with E-state index in [1.807, 2.05) is 0 Å². The molecule has 0 aromatic carbocycles. The van der Waals surface area contributed by atoms with Gasteiger partial charge in [-0.1, -0.05) is 0 Å². The van der Waals surface area contributed by atoms with Crippen LogP contribution >= 0.6 is 0 Å². The smallest absolute Gasteiger partial charge is 0.317 e. The van der Waals surface area contributed by atoms with Crippen molar-refractivity contribution in [2.24, 2.45) is 0 Å². The first-order chi connectivity index (χ1) is 19.3. The average molecular weight is 600 g/mol. The summed E-state index contributed by atoms with van der Waals surface area (Å²) in [5.41, 5.74) is 0. The summed E-state index contributed by atoms with van der Waals surface area (Å²) >= 11 is 0. The van der Waals surface area contributed by atoms with E-state index in [4.69, 9.17) is 10.2 Å². The molecule has 4 unspecified atom stereocenters. The molecule has 0 spiro atoms. The van der Waals surface area contributed by atoms with Gasteiger partial charge in [-0.15, -0.1) is 0 Å². The first-order valence-corrected chi connectivity index (χ1v) is 12.4. The molecule has 0 rings (SSSR count). The van der Waals surface area contributed by atoms with Crippen LogP contribution in [-0.2, 0) is 24.0 Å². The van der Waals surface area contributed by atoms with Crippen molar-refractivity contribution in [1.29, 1.82) is 0 Å². The number of aliphatic carboxylic acids is 3. The molecule has 0 aliphatic heterocycles. The number of nitrogens with one attached hydrogen (secondary N) is 2. The summed E-state index contributed by atoms with van der Waals surface area (Å²) in [5, 5.41) is 89.0. The van der Waals surface area contributed by atoms with Gasteiger partial charge >= 0.3 is 17.9 Å².